The molecule has 0 fully saturated rings. The van der Waals surface area contributed by atoms with Gasteiger partial charge in [-0.2, -0.15) is 0 Å². The van der Waals surface area contributed by atoms with Gasteiger partial charge in [-0.15, -0.1) is 11.8 Å². The number of benzene rings is 2. The van der Waals surface area contributed by atoms with Crippen molar-refractivity contribution >= 4 is 11.8 Å². The van der Waals surface area contributed by atoms with Crippen LogP contribution in [-0.2, 0) is 6.42 Å². The van der Waals surface area contributed by atoms with Crippen LogP contribution in [0.2, 0.25) is 0 Å². The van der Waals surface area contributed by atoms with Crippen LogP contribution in [0.25, 0.3) is 0 Å². The summed E-state index contributed by atoms with van der Waals surface area (Å²) in [5.74, 6) is 2.11. The van der Waals surface area contributed by atoms with Crippen LogP contribution < -0.4 is 4.74 Å². The lowest BCUT2D eigenvalue weighted by Gasteiger charge is -2.07. The molecule has 0 aliphatic rings. The third-order valence-corrected chi connectivity index (χ3v) is 4.61. The molecule has 0 atom stereocenters. The van der Waals surface area contributed by atoms with E-state index in [0.717, 1.165) is 31.0 Å². The smallest absolute Gasteiger partial charge is 0.119 e. The molecule has 27 heavy (non-hydrogen) atoms. The van der Waals surface area contributed by atoms with Crippen molar-refractivity contribution in [3.05, 3.63) is 60.2 Å². The Morgan fingerprint density at radius 3 is 1.96 bits per heavy atom. The zero-order valence-electron chi connectivity index (χ0n) is 15.5. The minimum atomic E-state index is 0. The van der Waals surface area contributed by atoms with Gasteiger partial charge in [-0.3, -0.25) is 23.5 Å². The number of hydrogen-bond donors (Lipinski definition) is 0. The van der Waals surface area contributed by atoms with Crippen LogP contribution in [-0.4, -0.2) is 12.4 Å². The van der Waals surface area contributed by atoms with E-state index in [2.05, 4.69) is 61.5 Å². The monoisotopic (exact) mass is 414 g/mol. The molecular formula is C20H31F5OS. The van der Waals surface area contributed by atoms with E-state index in [1.54, 1.807) is 0 Å². The predicted molar refractivity (Wildman–Crippen MR) is 109 cm³/mol. The van der Waals surface area contributed by atoms with Crippen LogP contribution >= 0.6 is 11.8 Å². The van der Waals surface area contributed by atoms with Crippen molar-refractivity contribution in [2.24, 2.45) is 0 Å². The summed E-state index contributed by atoms with van der Waals surface area (Å²) in [5, 5.41) is 0. The summed E-state index contributed by atoms with van der Waals surface area (Å²) in [5.41, 5.74) is 1.38. The quantitative estimate of drug-likeness (QED) is 0.242. The lowest BCUT2D eigenvalue weighted by molar-refractivity contribution is 0.305. The van der Waals surface area contributed by atoms with Crippen LogP contribution in [0.4, 0.5) is 23.5 Å². The SMILES string of the molecule is CCCCCCOc1ccc(CCSc2ccccc2)cc1.F.F.F.F.F. The van der Waals surface area contributed by atoms with E-state index in [0.29, 0.717) is 0 Å². The molecule has 0 radical (unpaired) electrons. The molecule has 2 rings (SSSR count). The number of unbranched alkanes of at least 4 members (excludes halogenated alkanes) is 3. The van der Waals surface area contributed by atoms with Gasteiger partial charge in [-0.25, -0.2) is 0 Å². The van der Waals surface area contributed by atoms with E-state index in [9.17, 15) is 0 Å². The average molecular weight is 415 g/mol. The fourth-order valence-electron chi connectivity index (χ4n) is 2.27. The van der Waals surface area contributed by atoms with Gasteiger partial charge in [0.05, 0.1) is 6.61 Å². The maximum atomic E-state index is 5.78. The number of halogens is 5. The average Bonchev–Trinajstić information content (AvgIpc) is 2.57. The highest BCUT2D eigenvalue weighted by atomic mass is 32.2. The minimum absolute atomic E-state index is 0. The summed E-state index contributed by atoms with van der Waals surface area (Å²) < 4.78 is 5.78. The Hall–Kier alpha value is -1.76. The molecule has 0 bridgehead atoms. The zero-order chi connectivity index (χ0) is 15.5. The molecule has 0 amide bonds. The summed E-state index contributed by atoms with van der Waals surface area (Å²) in [6.45, 7) is 3.07. The second kappa shape index (κ2) is 20.6. The molecule has 2 aromatic rings. The highest BCUT2D eigenvalue weighted by molar-refractivity contribution is 7.99. The van der Waals surface area contributed by atoms with Crippen LogP contribution in [0.5, 0.6) is 5.75 Å². The summed E-state index contributed by atoms with van der Waals surface area (Å²) >= 11 is 1.91. The summed E-state index contributed by atoms with van der Waals surface area (Å²) in [6.07, 6.45) is 6.10. The molecule has 0 spiro atoms. The molecule has 2 aromatic carbocycles. The Labute approximate surface area is 162 Å². The van der Waals surface area contributed by atoms with Crippen molar-refractivity contribution in [1.82, 2.24) is 0 Å². The maximum absolute atomic E-state index is 5.78. The largest absolute Gasteiger partial charge is 0.494 e. The Morgan fingerprint density at radius 2 is 1.37 bits per heavy atom. The van der Waals surface area contributed by atoms with Gasteiger partial charge in [0.1, 0.15) is 5.75 Å². The predicted octanol–water partition coefficient (Wildman–Crippen LogP) is 6.74. The Morgan fingerprint density at radius 1 is 0.741 bits per heavy atom. The molecule has 1 nitrogen and oxygen atoms in total. The number of hydrogen-bond acceptors (Lipinski definition) is 2. The van der Waals surface area contributed by atoms with Gasteiger partial charge in [-0.1, -0.05) is 56.5 Å². The molecule has 0 saturated heterocycles. The van der Waals surface area contributed by atoms with Gasteiger partial charge < -0.3 is 4.74 Å². The summed E-state index contributed by atoms with van der Waals surface area (Å²) in [4.78, 5) is 1.34. The van der Waals surface area contributed by atoms with Gasteiger partial charge in [0.15, 0.2) is 0 Å². The van der Waals surface area contributed by atoms with Crippen LogP contribution in [0.1, 0.15) is 38.2 Å². The highest BCUT2D eigenvalue weighted by Crippen LogP contribution is 2.19. The minimum Gasteiger partial charge on any atom is -0.494 e. The maximum Gasteiger partial charge on any atom is 0.119 e. The topological polar surface area (TPSA) is 9.23 Å². The number of thioether (sulfide) groups is 1. The van der Waals surface area contributed by atoms with Crippen molar-refractivity contribution in [1.29, 1.82) is 0 Å². The molecule has 0 unspecified atom stereocenters. The van der Waals surface area contributed by atoms with Crippen molar-refractivity contribution in [2.75, 3.05) is 12.4 Å². The Bertz CT molecular complexity index is 526. The molecule has 0 heterocycles. The van der Waals surface area contributed by atoms with Crippen molar-refractivity contribution < 1.29 is 28.3 Å². The van der Waals surface area contributed by atoms with E-state index in [4.69, 9.17) is 4.74 Å². The van der Waals surface area contributed by atoms with E-state index < -0.39 is 0 Å². The summed E-state index contributed by atoms with van der Waals surface area (Å²) in [7, 11) is 0. The molecule has 0 aliphatic carbocycles. The molecule has 158 valence electrons. The van der Waals surface area contributed by atoms with Gasteiger partial charge in [-0.05, 0) is 42.7 Å². The lowest BCUT2D eigenvalue weighted by Crippen LogP contribution is -1.97. The first kappa shape index (κ1) is 32.9. The fraction of sp³-hybridized carbons (Fsp3) is 0.400. The molecule has 0 saturated carbocycles. The van der Waals surface area contributed by atoms with E-state index >= 15 is 0 Å². The Kier molecular flexibility index (Phi) is 25.0. The molecule has 7 heteroatoms. The molecular weight excluding hydrogens is 383 g/mol. The Balaban J connectivity index is -0.000000529. The summed E-state index contributed by atoms with van der Waals surface area (Å²) in [6, 6.07) is 19.2. The number of rotatable bonds is 10. The second-order valence-corrected chi connectivity index (χ2v) is 6.63. The third kappa shape index (κ3) is 14.0. The number of aryl methyl sites for hydroxylation is 1. The first-order valence-electron chi connectivity index (χ1n) is 8.28. The van der Waals surface area contributed by atoms with Crippen molar-refractivity contribution in [3.8, 4) is 5.75 Å². The highest BCUT2D eigenvalue weighted by Gasteiger charge is 1.98. The standard InChI is InChI=1S/C20H26OS.5FH/c1-2-3-4-8-16-21-19-13-11-18(12-14-19)15-17-22-20-9-6-5-7-10-20;;;;;/h5-7,9-14H,2-4,8,15-17H2,1H3;5*1H. The lowest BCUT2D eigenvalue weighted by atomic mass is 10.2. The molecule has 0 aliphatic heterocycles. The molecule has 0 N–H and O–H groups in total. The van der Waals surface area contributed by atoms with Crippen LogP contribution in [0.15, 0.2) is 59.5 Å². The van der Waals surface area contributed by atoms with E-state index in [1.807, 2.05) is 11.8 Å². The van der Waals surface area contributed by atoms with Gasteiger partial charge in [0, 0.05) is 10.6 Å². The van der Waals surface area contributed by atoms with E-state index in [1.165, 1.54) is 29.7 Å². The van der Waals surface area contributed by atoms with E-state index in [-0.39, 0.29) is 23.5 Å². The first-order valence-corrected chi connectivity index (χ1v) is 9.26. The number of ether oxygens (including phenoxy) is 1. The molecule has 0 aromatic heterocycles. The normalized spacial score (nSPS) is 8.63. The van der Waals surface area contributed by atoms with Crippen LogP contribution in [0.3, 0.4) is 0 Å². The van der Waals surface area contributed by atoms with Crippen molar-refractivity contribution in [2.45, 2.75) is 43.9 Å². The fourth-order valence-corrected chi connectivity index (χ4v) is 3.20. The van der Waals surface area contributed by atoms with Gasteiger partial charge >= 0.3 is 0 Å². The van der Waals surface area contributed by atoms with Crippen LogP contribution in [0, 0.1) is 0 Å². The van der Waals surface area contributed by atoms with Crippen molar-refractivity contribution in [3.63, 3.8) is 0 Å². The van der Waals surface area contributed by atoms with Gasteiger partial charge in [0.25, 0.3) is 0 Å². The third-order valence-electron chi connectivity index (χ3n) is 3.59. The first-order chi connectivity index (χ1) is 10.9. The second-order valence-electron chi connectivity index (χ2n) is 5.46. The van der Waals surface area contributed by atoms with Gasteiger partial charge in [0.2, 0.25) is 0 Å². The zero-order valence-corrected chi connectivity index (χ0v) is 16.3.